The maximum atomic E-state index is 2.46. The molecule has 1 atom stereocenters. The van der Waals surface area contributed by atoms with Gasteiger partial charge in [0.05, 0.1) is 0 Å². The van der Waals surface area contributed by atoms with Gasteiger partial charge in [0.15, 0.2) is 0 Å². The van der Waals surface area contributed by atoms with Gasteiger partial charge in [-0.25, -0.2) is 0 Å². The minimum absolute atomic E-state index is 0.588. The van der Waals surface area contributed by atoms with Crippen LogP contribution in [0.2, 0.25) is 0 Å². The van der Waals surface area contributed by atoms with E-state index in [4.69, 9.17) is 0 Å². The molecular weight excluding hydrogens is 180 g/mol. The molecule has 1 unspecified atom stereocenters. The van der Waals surface area contributed by atoms with E-state index in [-0.39, 0.29) is 0 Å². The van der Waals surface area contributed by atoms with Gasteiger partial charge in [0.2, 0.25) is 0 Å². The Morgan fingerprint density at radius 2 is 1.40 bits per heavy atom. The molecule has 0 aromatic rings. The molecule has 0 saturated carbocycles. The molecule has 92 valence electrons. The summed E-state index contributed by atoms with van der Waals surface area (Å²) in [5.41, 5.74) is 0.588. The van der Waals surface area contributed by atoms with Crippen molar-refractivity contribution in [1.82, 2.24) is 0 Å². The summed E-state index contributed by atoms with van der Waals surface area (Å²) in [5.74, 6) is 0.897. The zero-order valence-corrected chi connectivity index (χ0v) is 11.7. The minimum Gasteiger partial charge on any atom is -0.0654 e. The lowest BCUT2D eigenvalue weighted by atomic mass is 9.72. The second-order valence-corrected chi connectivity index (χ2v) is 5.47. The van der Waals surface area contributed by atoms with Gasteiger partial charge in [-0.3, -0.25) is 0 Å². The van der Waals surface area contributed by atoms with Crippen LogP contribution in [0.3, 0.4) is 0 Å². The van der Waals surface area contributed by atoms with Crippen molar-refractivity contribution in [2.75, 3.05) is 0 Å². The molecule has 0 aliphatic rings. The molecule has 0 rings (SSSR count). The first-order valence-electron chi connectivity index (χ1n) is 7.10. The minimum atomic E-state index is 0.588. The second-order valence-electron chi connectivity index (χ2n) is 5.47. The first kappa shape index (κ1) is 15.0. The highest BCUT2D eigenvalue weighted by Gasteiger charge is 2.26. The van der Waals surface area contributed by atoms with Crippen molar-refractivity contribution in [1.29, 1.82) is 0 Å². The number of unbranched alkanes of at least 4 members (excludes halogenated alkanes) is 4. The fourth-order valence-corrected chi connectivity index (χ4v) is 2.35. The highest BCUT2D eigenvalue weighted by atomic mass is 14.3. The summed E-state index contributed by atoms with van der Waals surface area (Å²) in [6.45, 7) is 11.9. The van der Waals surface area contributed by atoms with Crippen LogP contribution in [0.4, 0.5) is 0 Å². The Bertz CT molecular complexity index is 133. The molecule has 0 amide bonds. The van der Waals surface area contributed by atoms with E-state index >= 15 is 0 Å². The highest BCUT2D eigenvalue weighted by Crippen LogP contribution is 2.37. The van der Waals surface area contributed by atoms with Gasteiger partial charge in [0, 0.05) is 0 Å². The Balaban J connectivity index is 3.67. The Morgan fingerprint density at radius 3 is 1.87 bits per heavy atom. The average molecular weight is 212 g/mol. The van der Waals surface area contributed by atoms with Crippen LogP contribution in [0.5, 0.6) is 0 Å². The van der Waals surface area contributed by atoms with Crippen molar-refractivity contribution in [2.24, 2.45) is 11.3 Å². The normalized spacial score (nSPS) is 14.2. The van der Waals surface area contributed by atoms with E-state index in [1.807, 2.05) is 0 Å². The van der Waals surface area contributed by atoms with Crippen molar-refractivity contribution < 1.29 is 0 Å². The van der Waals surface area contributed by atoms with Gasteiger partial charge < -0.3 is 0 Å². The fourth-order valence-electron chi connectivity index (χ4n) is 2.35. The molecule has 0 N–H and O–H groups in total. The van der Waals surface area contributed by atoms with Crippen LogP contribution in [-0.2, 0) is 0 Å². The van der Waals surface area contributed by atoms with E-state index in [2.05, 4.69) is 34.6 Å². The van der Waals surface area contributed by atoms with Crippen molar-refractivity contribution in [3.8, 4) is 0 Å². The van der Waals surface area contributed by atoms with Crippen molar-refractivity contribution in [2.45, 2.75) is 86.0 Å². The highest BCUT2D eigenvalue weighted by molar-refractivity contribution is 4.77. The van der Waals surface area contributed by atoms with E-state index in [1.165, 1.54) is 51.4 Å². The first-order valence-corrected chi connectivity index (χ1v) is 7.10. The molecule has 0 aromatic heterocycles. The second kappa shape index (κ2) is 8.19. The summed E-state index contributed by atoms with van der Waals surface area (Å²) >= 11 is 0. The third-order valence-electron chi connectivity index (χ3n) is 4.55. The Kier molecular flexibility index (Phi) is 8.19. The van der Waals surface area contributed by atoms with Crippen LogP contribution in [0.1, 0.15) is 86.0 Å². The topological polar surface area (TPSA) is 0 Å². The number of hydrogen-bond donors (Lipinski definition) is 0. The molecule has 0 aliphatic carbocycles. The standard InChI is InChI=1S/C15H32/c1-6-9-10-11-12-13-14(4)15(5,7-2)8-3/h14H,6-13H2,1-5H3. The number of rotatable bonds is 9. The zero-order chi connectivity index (χ0) is 11.7. The molecular formula is C15H32. The summed E-state index contributed by atoms with van der Waals surface area (Å²) in [5, 5.41) is 0. The summed E-state index contributed by atoms with van der Waals surface area (Å²) in [6.07, 6.45) is 11.2. The molecule has 15 heavy (non-hydrogen) atoms. The molecule has 0 fully saturated rings. The summed E-state index contributed by atoms with van der Waals surface area (Å²) in [6, 6.07) is 0. The molecule has 0 nitrogen and oxygen atoms in total. The fraction of sp³-hybridized carbons (Fsp3) is 1.00. The first-order chi connectivity index (χ1) is 7.10. The smallest absolute Gasteiger partial charge is 0.0305 e. The molecule has 0 bridgehead atoms. The molecule has 0 heterocycles. The molecule has 0 aromatic carbocycles. The van der Waals surface area contributed by atoms with Crippen LogP contribution in [0.25, 0.3) is 0 Å². The maximum absolute atomic E-state index is 2.46. The van der Waals surface area contributed by atoms with E-state index < -0.39 is 0 Å². The third kappa shape index (κ3) is 5.58. The summed E-state index contributed by atoms with van der Waals surface area (Å²) in [7, 11) is 0. The summed E-state index contributed by atoms with van der Waals surface area (Å²) < 4.78 is 0. The Labute approximate surface area is 97.8 Å². The average Bonchev–Trinajstić information content (AvgIpc) is 2.27. The van der Waals surface area contributed by atoms with E-state index in [9.17, 15) is 0 Å². The van der Waals surface area contributed by atoms with Crippen molar-refractivity contribution >= 4 is 0 Å². The third-order valence-corrected chi connectivity index (χ3v) is 4.55. The van der Waals surface area contributed by atoms with Gasteiger partial charge in [0.25, 0.3) is 0 Å². The van der Waals surface area contributed by atoms with Gasteiger partial charge in [-0.2, -0.15) is 0 Å². The quantitative estimate of drug-likeness (QED) is 0.423. The molecule has 0 saturated heterocycles. The van der Waals surface area contributed by atoms with Gasteiger partial charge >= 0.3 is 0 Å². The van der Waals surface area contributed by atoms with Crippen LogP contribution in [0.15, 0.2) is 0 Å². The molecule has 0 heteroatoms. The lowest BCUT2D eigenvalue weighted by Crippen LogP contribution is -2.23. The predicted molar refractivity (Wildman–Crippen MR) is 71.2 cm³/mol. The Hall–Kier alpha value is 0. The largest absolute Gasteiger partial charge is 0.0654 e. The van der Waals surface area contributed by atoms with Gasteiger partial charge in [0.1, 0.15) is 0 Å². The Morgan fingerprint density at radius 1 is 0.867 bits per heavy atom. The van der Waals surface area contributed by atoms with E-state index in [0.717, 1.165) is 5.92 Å². The lowest BCUT2D eigenvalue weighted by molar-refractivity contribution is 0.170. The molecule has 0 aliphatic heterocycles. The monoisotopic (exact) mass is 212 g/mol. The predicted octanol–water partition coefficient (Wildman–Crippen LogP) is 5.81. The maximum Gasteiger partial charge on any atom is -0.0305 e. The van der Waals surface area contributed by atoms with Crippen molar-refractivity contribution in [3.05, 3.63) is 0 Å². The van der Waals surface area contributed by atoms with Gasteiger partial charge in [-0.15, -0.1) is 0 Å². The zero-order valence-electron chi connectivity index (χ0n) is 11.7. The summed E-state index contributed by atoms with van der Waals surface area (Å²) in [4.78, 5) is 0. The van der Waals surface area contributed by atoms with Crippen LogP contribution < -0.4 is 0 Å². The van der Waals surface area contributed by atoms with Crippen LogP contribution in [0, 0.1) is 11.3 Å². The van der Waals surface area contributed by atoms with Crippen LogP contribution >= 0.6 is 0 Å². The van der Waals surface area contributed by atoms with Crippen molar-refractivity contribution in [3.63, 3.8) is 0 Å². The lowest BCUT2D eigenvalue weighted by Gasteiger charge is -2.34. The van der Waals surface area contributed by atoms with Gasteiger partial charge in [-0.1, -0.05) is 86.0 Å². The molecule has 0 radical (unpaired) electrons. The number of hydrogen-bond acceptors (Lipinski definition) is 0. The SMILES string of the molecule is CCCCCCCC(C)C(C)(CC)CC. The van der Waals surface area contributed by atoms with E-state index in [1.54, 1.807) is 0 Å². The molecule has 0 spiro atoms. The van der Waals surface area contributed by atoms with Gasteiger partial charge in [-0.05, 0) is 11.3 Å². The van der Waals surface area contributed by atoms with Crippen LogP contribution in [-0.4, -0.2) is 0 Å². The van der Waals surface area contributed by atoms with E-state index in [0.29, 0.717) is 5.41 Å².